The molecule has 1 aliphatic heterocycles. The van der Waals surface area contributed by atoms with Gasteiger partial charge in [0.05, 0.1) is 6.54 Å². The number of hydrogen-bond acceptors (Lipinski definition) is 5. The number of hydrogen-bond donors (Lipinski definition) is 1. The van der Waals surface area contributed by atoms with Gasteiger partial charge in [0.2, 0.25) is 5.91 Å². The van der Waals surface area contributed by atoms with Crippen molar-refractivity contribution >= 4 is 22.4 Å². The zero-order valence-electron chi connectivity index (χ0n) is 9.35. The number of carbonyl (C=O) groups excluding carboxylic acids is 1. The predicted octanol–water partition coefficient (Wildman–Crippen LogP) is 0.0111. The van der Waals surface area contributed by atoms with Crippen molar-refractivity contribution in [1.82, 2.24) is 15.2 Å². The Hall–Kier alpha value is -1.14. The fraction of sp³-hybridized carbons (Fsp3) is 0.600. The average molecular weight is 240 g/mol. The number of piperazine rings is 1. The summed E-state index contributed by atoms with van der Waals surface area (Å²) in [6, 6.07) is 0. The van der Waals surface area contributed by atoms with Crippen LogP contribution in [0, 0.1) is 0 Å². The number of aromatic nitrogens is 1. The van der Waals surface area contributed by atoms with Crippen LogP contribution in [0.25, 0.3) is 0 Å². The zero-order chi connectivity index (χ0) is 11.4. The predicted molar refractivity (Wildman–Crippen MR) is 64.8 cm³/mol. The molecule has 6 heteroatoms. The van der Waals surface area contributed by atoms with Crippen LogP contribution in [0.1, 0.15) is 0 Å². The number of thiazole rings is 1. The number of nitrogens with one attached hydrogen (secondary N) is 1. The molecule has 1 aromatic rings. The Bertz CT molecular complexity index is 335. The van der Waals surface area contributed by atoms with Crippen LogP contribution in [0.3, 0.4) is 0 Å². The van der Waals surface area contributed by atoms with E-state index >= 15 is 0 Å². The summed E-state index contributed by atoms with van der Waals surface area (Å²) in [6.45, 7) is 3.82. The molecule has 0 radical (unpaired) electrons. The van der Waals surface area contributed by atoms with Crippen molar-refractivity contribution in [3.63, 3.8) is 0 Å². The van der Waals surface area contributed by atoms with Crippen molar-refractivity contribution in [2.24, 2.45) is 0 Å². The van der Waals surface area contributed by atoms with Gasteiger partial charge in [-0.3, -0.25) is 4.79 Å². The molecule has 5 nitrogen and oxygen atoms in total. The van der Waals surface area contributed by atoms with Gasteiger partial charge in [-0.1, -0.05) is 0 Å². The first-order valence-electron chi connectivity index (χ1n) is 5.36. The third-order valence-electron chi connectivity index (χ3n) is 2.59. The Morgan fingerprint density at radius 3 is 3.00 bits per heavy atom. The minimum Gasteiger partial charge on any atom is -0.342 e. The Morgan fingerprint density at radius 1 is 1.62 bits per heavy atom. The van der Waals surface area contributed by atoms with Gasteiger partial charge >= 0.3 is 0 Å². The largest absolute Gasteiger partial charge is 0.342 e. The molecule has 88 valence electrons. The fourth-order valence-corrected chi connectivity index (χ4v) is 2.30. The lowest BCUT2D eigenvalue weighted by molar-refractivity contribution is -0.130. The minimum absolute atomic E-state index is 0.180. The topological polar surface area (TPSA) is 48.5 Å². The molecule has 1 fully saturated rings. The van der Waals surface area contributed by atoms with Crippen LogP contribution in [0.5, 0.6) is 0 Å². The molecule has 0 aliphatic carbocycles. The first-order chi connectivity index (χ1) is 7.77. The molecule has 2 heterocycles. The van der Waals surface area contributed by atoms with Crippen molar-refractivity contribution in [3.05, 3.63) is 11.6 Å². The molecule has 0 aromatic carbocycles. The summed E-state index contributed by atoms with van der Waals surface area (Å²) in [4.78, 5) is 19.9. The standard InChI is InChI=1S/C10H16N4OS/c1-13(10-12-4-7-16-10)8-9(15)14-5-2-11-3-6-14/h4,7,11H,2-3,5-6,8H2,1H3. The maximum absolute atomic E-state index is 11.9. The number of carbonyl (C=O) groups is 1. The molecule has 1 amide bonds. The van der Waals surface area contributed by atoms with Gasteiger partial charge in [-0.25, -0.2) is 4.98 Å². The lowest BCUT2D eigenvalue weighted by atomic mass is 10.3. The highest BCUT2D eigenvalue weighted by Gasteiger charge is 2.18. The smallest absolute Gasteiger partial charge is 0.242 e. The van der Waals surface area contributed by atoms with Gasteiger partial charge < -0.3 is 15.1 Å². The molecule has 0 saturated carbocycles. The van der Waals surface area contributed by atoms with Gasteiger partial charge in [-0.2, -0.15) is 0 Å². The minimum atomic E-state index is 0.180. The van der Waals surface area contributed by atoms with E-state index in [2.05, 4.69) is 10.3 Å². The summed E-state index contributed by atoms with van der Waals surface area (Å²) < 4.78 is 0. The van der Waals surface area contributed by atoms with E-state index in [0.717, 1.165) is 31.3 Å². The second kappa shape index (κ2) is 5.27. The van der Waals surface area contributed by atoms with Gasteiger partial charge in [0.1, 0.15) is 0 Å². The Kier molecular flexibility index (Phi) is 3.74. The van der Waals surface area contributed by atoms with Crippen molar-refractivity contribution < 1.29 is 4.79 Å². The van der Waals surface area contributed by atoms with E-state index < -0.39 is 0 Å². The molecular formula is C10H16N4OS. The van der Waals surface area contributed by atoms with Gasteiger partial charge in [0, 0.05) is 44.8 Å². The summed E-state index contributed by atoms with van der Waals surface area (Å²) >= 11 is 1.55. The van der Waals surface area contributed by atoms with Gasteiger partial charge in [0.15, 0.2) is 5.13 Å². The van der Waals surface area contributed by atoms with E-state index in [0.29, 0.717) is 6.54 Å². The molecular weight excluding hydrogens is 224 g/mol. The normalized spacial score (nSPS) is 16.2. The van der Waals surface area contributed by atoms with Crippen LogP contribution in [-0.2, 0) is 4.79 Å². The Balaban J connectivity index is 1.86. The van der Waals surface area contributed by atoms with Crippen molar-refractivity contribution in [1.29, 1.82) is 0 Å². The number of likely N-dealkylation sites (N-methyl/N-ethyl adjacent to an activating group) is 1. The van der Waals surface area contributed by atoms with Gasteiger partial charge in [-0.15, -0.1) is 11.3 Å². The fourth-order valence-electron chi connectivity index (χ4n) is 1.69. The van der Waals surface area contributed by atoms with E-state index in [1.165, 1.54) is 0 Å². The number of amides is 1. The third-order valence-corrected chi connectivity index (χ3v) is 3.47. The van der Waals surface area contributed by atoms with E-state index in [-0.39, 0.29) is 5.91 Å². The van der Waals surface area contributed by atoms with Crippen LogP contribution in [0.2, 0.25) is 0 Å². The molecule has 2 rings (SSSR count). The monoisotopic (exact) mass is 240 g/mol. The highest BCUT2D eigenvalue weighted by molar-refractivity contribution is 7.13. The second-order valence-corrected chi connectivity index (χ2v) is 4.67. The maximum Gasteiger partial charge on any atom is 0.242 e. The zero-order valence-corrected chi connectivity index (χ0v) is 10.2. The van der Waals surface area contributed by atoms with Crippen LogP contribution in [0.15, 0.2) is 11.6 Å². The lowest BCUT2D eigenvalue weighted by Gasteiger charge is -2.29. The molecule has 1 saturated heterocycles. The molecule has 0 unspecified atom stereocenters. The number of nitrogens with zero attached hydrogens (tertiary/aromatic N) is 3. The van der Waals surface area contributed by atoms with Gasteiger partial charge in [0.25, 0.3) is 0 Å². The van der Waals surface area contributed by atoms with E-state index in [1.807, 2.05) is 22.2 Å². The second-order valence-electron chi connectivity index (χ2n) is 3.80. The molecule has 0 spiro atoms. The van der Waals surface area contributed by atoms with Crippen molar-refractivity contribution in [3.8, 4) is 0 Å². The number of rotatable bonds is 3. The molecule has 1 aromatic heterocycles. The molecule has 1 N–H and O–H groups in total. The first-order valence-corrected chi connectivity index (χ1v) is 6.24. The summed E-state index contributed by atoms with van der Waals surface area (Å²) in [5.41, 5.74) is 0. The Morgan fingerprint density at radius 2 is 2.38 bits per heavy atom. The molecule has 0 bridgehead atoms. The SMILES string of the molecule is CN(CC(=O)N1CCNCC1)c1nccs1. The highest BCUT2D eigenvalue weighted by atomic mass is 32.1. The van der Waals surface area contributed by atoms with Crippen LogP contribution in [0.4, 0.5) is 5.13 Å². The first kappa shape index (κ1) is 11.3. The summed E-state index contributed by atoms with van der Waals surface area (Å²) in [6.07, 6.45) is 1.76. The van der Waals surface area contributed by atoms with Gasteiger partial charge in [-0.05, 0) is 0 Å². The van der Waals surface area contributed by atoms with Crippen LogP contribution < -0.4 is 10.2 Å². The van der Waals surface area contributed by atoms with Crippen LogP contribution >= 0.6 is 11.3 Å². The van der Waals surface area contributed by atoms with E-state index in [1.54, 1.807) is 17.5 Å². The molecule has 16 heavy (non-hydrogen) atoms. The maximum atomic E-state index is 11.9. The summed E-state index contributed by atoms with van der Waals surface area (Å²) in [5, 5.41) is 6.04. The lowest BCUT2D eigenvalue weighted by Crippen LogP contribution is -2.49. The average Bonchev–Trinajstić information content (AvgIpc) is 2.83. The van der Waals surface area contributed by atoms with E-state index in [4.69, 9.17) is 0 Å². The summed E-state index contributed by atoms with van der Waals surface area (Å²) in [5.74, 6) is 0.180. The van der Waals surface area contributed by atoms with Crippen molar-refractivity contribution in [2.45, 2.75) is 0 Å². The Labute approximate surface area is 99.1 Å². The van der Waals surface area contributed by atoms with Crippen molar-refractivity contribution in [2.75, 3.05) is 44.7 Å². The van der Waals surface area contributed by atoms with E-state index in [9.17, 15) is 4.79 Å². The third kappa shape index (κ3) is 2.70. The molecule has 1 aliphatic rings. The summed E-state index contributed by atoms with van der Waals surface area (Å²) in [7, 11) is 1.90. The number of anilines is 1. The highest BCUT2D eigenvalue weighted by Crippen LogP contribution is 2.15. The van der Waals surface area contributed by atoms with Crippen LogP contribution in [-0.4, -0.2) is 55.6 Å². The molecule has 0 atom stereocenters. The quantitative estimate of drug-likeness (QED) is 0.808.